The lowest BCUT2D eigenvalue weighted by Crippen LogP contribution is -2.72. The van der Waals surface area contributed by atoms with Gasteiger partial charge in [0.05, 0.1) is 22.7 Å². The van der Waals surface area contributed by atoms with E-state index in [0.717, 1.165) is 19.3 Å². The van der Waals surface area contributed by atoms with Gasteiger partial charge in [0.25, 0.3) is 0 Å². The Morgan fingerprint density at radius 1 is 1.38 bits per heavy atom. The predicted octanol–water partition coefficient (Wildman–Crippen LogP) is 3.05. The van der Waals surface area contributed by atoms with Gasteiger partial charge in [0.15, 0.2) is 0 Å². The minimum absolute atomic E-state index is 0.0752. The van der Waals surface area contributed by atoms with E-state index in [0.29, 0.717) is 18.3 Å². The molecule has 2 aliphatic heterocycles. The van der Waals surface area contributed by atoms with E-state index >= 15 is 0 Å². The third-order valence-electron chi connectivity index (χ3n) is 8.81. The van der Waals surface area contributed by atoms with Gasteiger partial charge in [-0.1, -0.05) is 32.4 Å². The number of carbonyl (C=O) groups excluding carboxylic acids is 1. The number of hydrogen-bond acceptors (Lipinski definition) is 3. The Labute approximate surface area is 156 Å². The van der Waals surface area contributed by atoms with Crippen molar-refractivity contribution in [2.45, 2.75) is 83.6 Å². The molecule has 0 aromatic carbocycles. The summed E-state index contributed by atoms with van der Waals surface area (Å²) in [4.78, 5) is 13.6. The third-order valence-corrected chi connectivity index (χ3v) is 8.81. The second kappa shape index (κ2) is 4.94. The van der Waals surface area contributed by atoms with Crippen molar-refractivity contribution in [1.29, 1.82) is 0 Å². The lowest BCUT2D eigenvalue weighted by molar-refractivity contribution is -0.264. The van der Waals surface area contributed by atoms with E-state index in [2.05, 4.69) is 46.0 Å². The van der Waals surface area contributed by atoms with Crippen molar-refractivity contribution >= 4 is 5.91 Å². The molecule has 3 aliphatic carbocycles. The normalized spacial score (nSPS) is 57.0. The first-order valence-electron chi connectivity index (χ1n) is 10.5. The topological polar surface area (TPSA) is 58.6 Å². The summed E-state index contributed by atoms with van der Waals surface area (Å²) in [6.45, 7) is 11.1. The van der Waals surface area contributed by atoms with Gasteiger partial charge in [-0.05, 0) is 50.9 Å². The van der Waals surface area contributed by atoms with Crippen molar-refractivity contribution in [3.8, 4) is 0 Å². The molecule has 0 aromatic rings. The van der Waals surface area contributed by atoms with Crippen LogP contribution in [0.5, 0.6) is 0 Å². The first-order chi connectivity index (χ1) is 12.1. The number of nitrogens with one attached hydrogen (secondary N) is 1. The molecule has 4 nitrogen and oxygen atoms in total. The van der Waals surface area contributed by atoms with E-state index in [1.165, 1.54) is 5.57 Å². The van der Waals surface area contributed by atoms with Gasteiger partial charge in [-0.3, -0.25) is 4.79 Å². The second-order valence-corrected chi connectivity index (χ2v) is 10.6. The molecule has 4 heteroatoms. The Balaban J connectivity index is 1.71. The zero-order valence-electron chi connectivity index (χ0n) is 16.7. The van der Waals surface area contributed by atoms with Gasteiger partial charge in [0, 0.05) is 24.3 Å². The molecular formula is C22H33NO3. The second-order valence-electron chi connectivity index (χ2n) is 10.6. The van der Waals surface area contributed by atoms with Crippen molar-refractivity contribution in [2.24, 2.45) is 35.0 Å². The van der Waals surface area contributed by atoms with Crippen molar-refractivity contribution in [1.82, 2.24) is 5.32 Å². The number of carbonyl (C=O) groups is 1. The van der Waals surface area contributed by atoms with Crippen LogP contribution in [0.4, 0.5) is 0 Å². The van der Waals surface area contributed by atoms with Gasteiger partial charge in [0.2, 0.25) is 5.91 Å². The summed E-state index contributed by atoms with van der Waals surface area (Å²) >= 11 is 0. The van der Waals surface area contributed by atoms with E-state index < -0.39 is 11.0 Å². The fourth-order valence-corrected chi connectivity index (χ4v) is 8.05. The maximum absolute atomic E-state index is 13.6. The molecule has 2 heterocycles. The van der Waals surface area contributed by atoms with Gasteiger partial charge < -0.3 is 15.2 Å². The Bertz CT molecular complexity index is 702. The molecular weight excluding hydrogens is 326 g/mol. The van der Waals surface area contributed by atoms with E-state index in [4.69, 9.17) is 4.74 Å². The molecule has 5 aliphatic rings. The van der Waals surface area contributed by atoms with Crippen molar-refractivity contribution in [3.63, 3.8) is 0 Å². The summed E-state index contributed by atoms with van der Waals surface area (Å²) in [7, 11) is 0. The van der Waals surface area contributed by atoms with E-state index in [1.807, 2.05) is 0 Å². The fraction of sp³-hybridized carbons (Fsp3) is 0.864. The Morgan fingerprint density at radius 3 is 2.77 bits per heavy atom. The van der Waals surface area contributed by atoms with Crippen LogP contribution in [0.3, 0.4) is 0 Å². The van der Waals surface area contributed by atoms with Crippen LogP contribution in [-0.4, -0.2) is 34.4 Å². The highest BCUT2D eigenvalue weighted by Crippen LogP contribution is 2.72. The molecule has 9 unspecified atom stereocenters. The summed E-state index contributed by atoms with van der Waals surface area (Å²) < 4.78 is 6.35. The van der Waals surface area contributed by atoms with Crippen LogP contribution in [0.15, 0.2) is 11.6 Å². The molecule has 0 radical (unpaired) electrons. The zero-order chi connectivity index (χ0) is 18.6. The maximum Gasteiger partial charge on any atom is 0.230 e. The summed E-state index contributed by atoms with van der Waals surface area (Å²) in [5.41, 5.74) is -0.514. The highest BCUT2D eigenvalue weighted by Gasteiger charge is 2.81. The van der Waals surface area contributed by atoms with E-state index in [1.54, 1.807) is 0 Å². The number of fused-ring (bicyclic) bond motifs is 1. The van der Waals surface area contributed by atoms with E-state index in [-0.39, 0.29) is 41.4 Å². The third kappa shape index (κ3) is 1.72. The molecule has 4 fully saturated rings. The highest BCUT2D eigenvalue weighted by molar-refractivity contribution is 5.89. The molecule has 144 valence electrons. The number of ether oxygens (including phenoxy) is 1. The van der Waals surface area contributed by atoms with Crippen LogP contribution < -0.4 is 5.32 Å². The lowest BCUT2D eigenvalue weighted by atomic mass is 9.42. The minimum Gasteiger partial charge on any atom is -0.388 e. The minimum atomic E-state index is -0.931. The molecule has 26 heavy (non-hydrogen) atoms. The Morgan fingerprint density at radius 2 is 2.12 bits per heavy atom. The van der Waals surface area contributed by atoms with Gasteiger partial charge >= 0.3 is 0 Å². The van der Waals surface area contributed by atoms with Gasteiger partial charge in [-0.25, -0.2) is 0 Å². The molecule has 2 saturated heterocycles. The summed E-state index contributed by atoms with van der Waals surface area (Å²) in [6.07, 6.45) is 5.81. The first-order valence-corrected chi connectivity index (χ1v) is 10.5. The Hall–Kier alpha value is -0.870. The first kappa shape index (κ1) is 17.2. The number of hydrogen-bond donors (Lipinski definition) is 2. The van der Waals surface area contributed by atoms with Crippen molar-refractivity contribution in [2.75, 3.05) is 0 Å². The standard InChI is InChI=1S/C22H33NO3/c1-11(2)6-16-18-13(4)12(3)7-14-9-20(5)17-8-15(26-20)10-21(17,25)22(14,18)19(24)23-16/h7,11,13-18,25H,6,8-10H2,1-5H3,(H,23,24). The monoisotopic (exact) mass is 359 g/mol. The van der Waals surface area contributed by atoms with E-state index in [9.17, 15) is 9.90 Å². The van der Waals surface area contributed by atoms with Crippen LogP contribution in [0.2, 0.25) is 0 Å². The predicted molar refractivity (Wildman–Crippen MR) is 99.3 cm³/mol. The molecule has 5 rings (SSSR count). The summed E-state index contributed by atoms with van der Waals surface area (Å²) in [6, 6.07) is 0.164. The molecule has 1 spiro atoms. The number of rotatable bonds is 2. The summed E-state index contributed by atoms with van der Waals surface area (Å²) in [5.74, 6) is 1.31. The SMILES string of the molecule is CC1=CC2CC3(C)OC4CC3C(O)(C4)C23C(=O)NC(CC(C)C)C3C1C. The maximum atomic E-state index is 13.6. The highest BCUT2D eigenvalue weighted by atomic mass is 16.5. The molecule has 2 bridgehead atoms. The average molecular weight is 360 g/mol. The largest absolute Gasteiger partial charge is 0.388 e. The van der Waals surface area contributed by atoms with Crippen LogP contribution in [-0.2, 0) is 9.53 Å². The molecule has 1 amide bonds. The van der Waals surface area contributed by atoms with Crippen LogP contribution in [0.25, 0.3) is 0 Å². The average Bonchev–Trinajstić information content (AvgIpc) is 3.11. The van der Waals surface area contributed by atoms with Crippen LogP contribution >= 0.6 is 0 Å². The fourth-order valence-electron chi connectivity index (χ4n) is 8.05. The Kier molecular flexibility index (Phi) is 3.27. The van der Waals surface area contributed by atoms with Crippen molar-refractivity contribution < 1.29 is 14.6 Å². The zero-order valence-corrected chi connectivity index (χ0v) is 16.7. The lowest BCUT2D eigenvalue weighted by Gasteiger charge is -2.63. The number of amides is 1. The number of allylic oxidation sites excluding steroid dienone is 2. The smallest absolute Gasteiger partial charge is 0.230 e. The molecule has 2 N–H and O–H groups in total. The van der Waals surface area contributed by atoms with Crippen LogP contribution in [0.1, 0.15) is 60.3 Å². The quantitative estimate of drug-likeness (QED) is 0.745. The molecule has 2 saturated carbocycles. The molecule has 9 atom stereocenters. The van der Waals surface area contributed by atoms with Gasteiger partial charge in [0.1, 0.15) is 0 Å². The van der Waals surface area contributed by atoms with Crippen LogP contribution in [0, 0.1) is 35.0 Å². The van der Waals surface area contributed by atoms with Gasteiger partial charge in [-0.15, -0.1) is 0 Å². The van der Waals surface area contributed by atoms with Crippen molar-refractivity contribution in [3.05, 3.63) is 11.6 Å². The molecule has 0 aromatic heterocycles. The summed E-state index contributed by atoms with van der Waals surface area (Å²) in [5, 5.41) is 15.6. The van der Waals surface area contributed by atoms with Gasteiger partial charge in [-0.2, -0.15) is 0 Å². The number of aliphatic hydroxyl groups is 1.